The lowest BCUT2D eigenvalue weighted by atomic mass is 10.0. The highest BCUT2D eigenvalue weighted by Crippen LogP contribution is 2.15. The van der Waals surface area contributed by atoms with Crippen LogP contribution in [0.15, 0.2) is 0 Å². The summed E-state index contributed by atoms with van der Waals surface area (Å²) >= 11 is 0. The molecule has 0 aromatic rings. The SMILES string of the molecule is CCCCCCCCCC(CC[CH]C(C)[N+](=O)[O-])[N+](=O)[O-]. The summed E-state index contributed by atoms with van der Waals surface area (Å²) in [4.78, 5) is 20.8. The Kier molecular flexibility index (Phi) is 11.8. The van der Waals surface area contributed by atoms with Crippen molar-refractivity contribution in [2.75, 3.05) is 0 Å². The molecule has 2 unspecified atom stereocenters. The number of hydrogen-bond donors (Lipinski definition) is 0. The van der Waals surface area contributed by atoms with Crippen LogP contribution in [0.5, 0.6) is 0 Å². The third kappa shape index (κ3) is 11.2. The van der Waals surface area contributed by atoms with E-state index in [1.54, 1.807) is 6.42 Å². The Hall–Kier alpha value is -1.20. The molecule has 0 fully saturated rings. The number of unbranched alkanes of at least 4 members (excludes halogenated alkanes) is 6. The lowest BCUT2D eigenvalue weighted by molar-refractivity contribution is -0.525. The Balaban J connectivity index is 3.73. The van der Waals surface area contributed by atoms with Gasteiger partial charge in [0, 0.05) is 36.0 Å². The fourth-order valence-electron chi connectivity index (χ4n) is 2.31. The Labute approximate surface area is 127 Å². The Morgan fingerprint density at radius 1 is 0.905 bits per heavy atom. The van der Waals surface area contributed by atoms with Gasteiger partial charge in [-0.05, 0) is 12.8 Å². The van der Waals surface area contributed by atoms with Crippen LogP contribution in [0.2, 0.25) is 0 Å². The first kappa shape index (κ1) is 19.8. The summed E-state index contributed by atoms with van der Waals surface area (Å²) in [6, 6.07) is -1.29. The molecular formula is C15H29N2O4. The van der Waals surface area contributed by atoms with Crippen LogP contribution in [0.1, 0.15) is 78.1 Å². The van der Waals surface area contributed by atoms with Gasteiger partial charge in [-0.1, -0.05) is 45.4 Å². The van der Waals surface area contributed by atoms with Crippen LogP contribution in [-0.2, 0) is 0 Å². The molecule has 6 heteroatoms. The Morgan fingerprint density at radius 2 is 1.48 bits per heavy atom. The van der Waals surface area contributed by atoms with E-state index in [4.69, 9.17) is 0 Å². The molecular weight excluding hydrogens is 272 g/mol. The van der Waals surface area contributed by atoms with Gasteiger partial charge in [0.05, 0.1) is 0 Å². The van der Waals surface area contributed by atoms with Crippen molar-refractivity contribution in [3.63, 3.8) is 0 Å². The van der Waals surface area contributed by atoms with Crippen molar-refractivity contribution in [3.05, 3.63) is 26.6 Å². The van der Waals surface area contributed by atoms with Crippen molar-refractivity contribution in [2.45, 2.75) is 90.1 Å². The number of hydrogen-bond acceptors (Lipinski definition) is 4. The molecule has 0 rings (SSSR count). The minimum absolute atomic E-state index is 0.234. The molecule has 0 aromatic heterocycles. The summed E-state index contributed by atoms with van der Waals surface area (Å²) in [5.74, 6) is 0. The van der Waals surface area contributed by atoms with E-state index >= 15 is 0 Å². The third-order valence-electron chi connectivity index (χ3n) is 3.78. The van der Waals surface area contributed by atoms with Crippen LogP contribution < -0.4 is 0 Å². The Bertz CT molecular complexity index is 297. The van der Waals surface area contributed by atoms with Crippen LogP contribution in [0.25, 0.3) is 0 Å². The largest absolute Gasteiger partial charge is 0.264 e. The molecule has 0 aliphatic rings. The topological polar surface area (TPSA) is 86.3 Å². The zero-order valence-corrected chi connectivity index (χ0v) is 13.3. The summed E-state index contributed by atoms with van der Waals surface area (Å²) in [6.45, 7) is 3.68. The zero-order valence-electron chi connectivity index (χ0n) is 13.3. The van der Waals surface area contributed by atoms with Crippen molar-refractivity contribution < 1.29 is 9.85 Å². The van der Waals surface area contributed by atoms with Crippen molar-refractivity contribution in [1.82, 2.24) is 0 Å². The molecule has 0 aliphatic heterocycles. The summed E-state index contributed by atoms with van der Waals surface area (Å²) in [5, 5.41) is 21.4. The van der Waals surface area contributed by atoms with Crippen LogP contribution in [0.4, 0.5) is 0 Å². The predicted molar refractivity (Wildman–Crippen MR) is 83.4 cm³/mol. The normalized spacial score (nSPS) is 13.8. The second-order valence-corrected chi connectivity index (χ2v) is 5.69. The van der Waals surface area contributed by atoms with Crippen LogP contribution in [0.3, 0.4) is 0 Å². The second-order valence-electron chi connectivity index (χ2n) is 5.69. The standard InChI is InChI=1S/C15H29N2O4/c1-3-4-5-6-7-8-9-12-15(17(20)21)13-10-11-14(2)16(18)19/h11,14-15H,3-10,12-13H2,1-2H3. The molecule has 0 saturated heterocycles. The highest BCUT2D eigenvalue weighted by molar-refractivity contribution is 4.74. The van der Waals surface area contributed by atoms with Gasteiger partial charge >= 0.3 is 0 Å². The molecule has 21 heavy (non-hydrogen) atoms. The van der Waals surface area contributed by atoms with Crippen molar-refractivity contribution in [1.29, 1.82) is 0 Å². The van der Waals surface area contributed by atoms with E-state index < -0.39 is 12.1 Å². The van der Waals surface area contributed by atoms with Crippen molar-refractivity contribution in [3.8, 4) is 0 Å². The third-order valence-corrected chi connectivity index (χ3v) is 3.78. The van der Waals surface area contributed by atoms with E-state index in [-0.39, 0.29) is 9.85 Å². The van der Waals surface area contributed by atoms with E-state index in [1.165, 1.54) is 32.6 Å². The molecule has 0 saturated carbocycles. The van der Waals surface area contributed by atoms with Crippen LogP contribution in [0, 0.1) is 26.6 Å². The first-order chi connectivity index (χ1) is 9.99. The van der Waals surface area contributed by atoms with Crippen LogP contribution in [-0.4, -0.2) is 21.9 Å². The second kappa shape index (κ2) is 12.5. The average molecular weight is 301 g/mol. The molecule has 0 amide bonds. The number of rotatable bonds is 14. The van der Waals surface area contributed by atoms with Gasteiger partial charge in [0.25, 0.3) is 0 Å². The van der Waals surface area contributed by atoms with Gasteiger partial charge in [0.2, 0.25) is 12.1 Å². The minimum atomic E-state index is -0.726. The van der Waals surface area contributed by atoms with E-state index in [1.807, 2.05) is 0 Å². The minimum Gasteiger partial charge on any atom is -0.264 e. The van der Waals surface area contributed by atoms with Gasteiger partial charge in [-0.15, -0.1) is 0 Å². The lowest BCUT2D eigenvalue weighted by Gasteiger charge is -2.09. The van der Waals surface area contributed by atoms with Gasteiger partial charge in [0.1, 0.15) is 0 Å². The summed E-state index contributed by atoms with van der Waals surface area (Å²) < 4.78 is 0. The predicted octanol–water partition coefficient (Wildman–Crippen LogP) is 4.42. The monoisotopic (exact) mass is 301 g/mol. The summed E-state index contributed by atoms with van der Waals surface area (Å²) in [5.41, 5.74) is 0. The fraction of sp³-hybridized carbons (Fsp3) is 0.933. The molecule has 0 bridgehead atoms. The maximum absolute atomic E-state index is 11.0. The molecule has 123 valence electrons. The van der Waals surface area contributed by atoms with Gasteiger partial charge in [-0.2, -0.15) is 0 Å². The lowest BCUT2D eigenvalue weighted by Crippen LogP contribution is -2.21. The summed E-state index contributed by atoms with van der Waals surface area (Å²) in [6.07, 6.45) is 11.0. The van der Waals surface area contributed by atoms with Crippen LogP contribution >= 0.6 is 0 Å². The highest BCUT2D eigenvalue weighted by Gasteiger charge is 2.21. The van der Waals surface area contributed by atoms with E-state index in [0.29, 0.717) is 19.3 Å². The van der Waals surface area contributed by atoms with E-state index in [0.717, 1.165) is 19.3 Å². The fourth-order valence-corrected chi connectivity index (χ4v) is 2.31. The first-order valence-electron chi connectivity index (χ1n) is 8.09. The van der Waals surface area contributed by atoms with E-state index in [9.17, 15) is 20.2 Å². The number of nitro groups is 2. The zero-order chi connectivity index (χ0) is 16.1. The smallest absolute Gasteiger partial charge is 0.213 e. The molecule has 1 radical (unpaired) electrons. The molecule has 0 heterocycles. The molecule has 0 spiro atoms. The van der Waals surface area contributed by atoms with Crippen molar-refractivity contribution >= 4 is 0 Å². The summed E-state index contributed by atoms with van der Waals surface area (Å²) in [7, 11) is 0. The van der Waals surface area contributed by atoms with Crippen molar-refractivity contribution in [2.24, 2.45) is 0 Å². The first-order valence-corrected chi connectivity index (χ1v) is 8.09. The van der Waals surface area contributed by atoms with Gasteiger partial charge in [-0.3, -0.25) is 20.2 Å². The molecule has 6 nitrogen and oxygen atoms in total. The van der Waals surface area contributed by atoms with Gasteiger partial charge in [0.15, 0.2) is 0 Å². The Morgan fingerprint density at radius 3 is 2.00 bits per heavy atom. The quantitative estimate of drug-likeness (QED) is 0.270. The molecule has 0 aliphatic carbocycles. The maximum Gasteiger partial charge on any atom is 0.213 e. The molecule has 0 N–H and O–H groups in total. The highest BCUT2D eigenvalue weighted by atomic mass is 16.6. The van der Waals surface area contributed by atoms with Gasteiger partial charge < -0.3 is 0 Å². The van der Waals surface area contributed by atoms with Gasteiger partial charge in [-0.25, -0.2) is 0 Å². The average Bonchev–Trinajstić information content (AvgIpc) is 2.43. The van der Waals surface area contributed by atoms with E-state index in [2.05, 4.69) is 6.92 Å². The number of nitrogens with zero attached hydrogens (tertiary/aromatic N) is 2. The molecule has 2 atom stereocenters. The maximum atomic E-state index is 11.0. The molecule has 0 aromatic carbocycles.